The van der Waals surface area contributed by atoms with E-state index in [9.17, 15) is 38.2 Å². The minimum Gasteiger partial charge on any atom is -0.478 e. The van der Waals surface area contributed by atoms with Gasteiger partial charge in [-0.15, -0.1) is 22.7 Å². The number of anilines is 2. The lowest BCUT2D eigenvalue weighted by Gasteiger charge is -2.06. The van der Waals surface area contributed by atoms with E-state index in [1.165, 1.54) is 35.0 Å². The minimum atomic E-state index is -1.29. The Kier molecular flexibility index (Phi) is 10.7. The molecule has 57 heavy (non-hydrogen) atoms. The van der Waals surface area contributed by atoms with Gasteiger partial charge in [-0.05, 0) is 54.1 Å². The Bertz CT molecular complexity index is 2880. The molecule has 2 amide bonds. The lowest BCUT2D eigenvalue weighted by Crippen LogP contribution is -2.14. The van der Waals surface area contributed by atoms with Crippen LogP contribution in [0, 0.1) is 23.0 Å². The van der Waals surface area contributed by atoms with Crippen molar-refractivity contribution in [3.63, 3.8) is 0 Å². The SMILES string of the molecule is N#Cc1cc(-c2csc(NC(=O)c3nc4ccccc4o3)c2C(=O)O)ccc1F.O=C(Nc1scc(-c2ccc(Br)cc2F)c1C(=O)O)c1nc2ccccc2o1. The fourth-order valence-corrected chi connectivity index (χ4v) is 7.71. The molecule has 4 aromatic heterocycles. The summed E-state index contributed by atoms with van der Waals surface area (Å²) in [5.41, 5.74) is 2.20. The second kappa shape index (κ2) is 16.0. The molecule has 0 aliphatic rings. The highest BCUT2D eigenvalue weighted by atomic mass is 79.9. The van der Waals surface area contributed by atoms with E-state index in [4.69, 9.17) is 14.1 Å². The van der Waals surface area contributed by atoms with Crippen LogP contribution in [-0.4, -0.2) is 43.9 Å². The second-order valence-electron chi connectivity index (χ2n) is 11.6. The van der Waals surface area contributed by atoms with Crippen molar-refractivity contribution >= 4 is 94.6 Å². The zero-order valence-corrected chi connectivity index (χ0v) is 31.6. The van der Waals surface area contributed by atoms with Crippen molar-refractivity contribution in [2.75, 3.05) is 10.6 Å². The van der Waals surface area contributed by atoms with Crippen molar-refractivity contribution < 1.29 is 47.0 Å². The number of carbonyl (C=O) groups is 4. The highest BCUT2D eigenvalue weighted by Gasteiger charge is 2.26. The van der Waals surface area contributed by atoms with Crippen molar-refractivity contribution in [3.8, 4) is 28.3 Å². The van der Waals surface area contributed by atoms with Crippen LogP contribution in [0.4, 0.5) is 18.8 Å². The molecule has 0 radical (unpaired) electrons. The quantitative estimate of drug-likeness (QED) is 0.113. The van der Waals surface area contributed by atoms with Crippen molar-refractivity contribution in [1.29, 1.82) is 5.26 Å². The van der Waals surface area contributed by atoms with Gasteiger partial charge < -0.3 is 29.7 Å². The smallest absolute Gasteiger partial charge is 0.339 e. The first-order valence-electron chi connectivity index (χ1n) is 16.1. The number of aromatic carboxylic acids is 2. The average molecular weight is 869 g/mol. The Labute approximate surface area is 334 Å². The topological polar surface area (TPSA) is 209 Å². The maximum Gasteiger partial charge on any atom is 0.339 e. The first-order valence-corrected chi connectivity index (χ1v) is 18.7. The summed E-state index contributed by atoms with van der Waals surface area (Å²) in [4.78, 5) is 56.8. The lowest BCUT2D eigenvalue weighted by molar-refractivity contribution is 0.0688. The maximum atomic E-state index is 14.3. The maximum absolute atomic E-state index is 14.3. The number of nitrogens with zero attached hydrogens (tertiary/aromatic N) is 3. The third-order valence-electron chi connectivity index (χ3n) is 8.06. The molecule has 0 aliphatic heterocycles. The number of thiophene rings is 2. The number of carboxylic acid groups (broad SMARTS) is 2. The normalized spacial score (nSPS) is 10.8. The number of para-hydroxylation sites is 4. The Morgan fingerprint density at radius 3 is 1.72 bits per heavy atom. The van der Waals surface area contributed by atoms with Crippen LogP contribution in [0.1, 0.15) is 47.6 Å². The molecule has 13 nitrogen and oxygen atoms in total. The summed E-state index contributed by atoms with van der Waals surface area (Å²) in [5, 5.41) is 36.4. The van der Waals surface area contributed by atoms with Crippen LogP contribution in [0.2, 0.25) is 0 Å². The summed E-state index contributed by atoms with van der Waals surface area (Å²) in [6.45, 7) is 0. The highest BCUT2D eigenvalue weighted by molar-refractivity contribution is 9.10. The van der Waals surface area contributed by atoms with E-state index in [-0.39, 0.29) is 55.2 Å². The number of amides is 2. The molecule has 0 saturated carbocycles. The largest absolute Gasteiger partial charge is 0.478 e. The number of hydrogen-bond acceptors (Lipinski definition) is 11. The Balaban J connectivity index is 0.000000174. The number of rotatable bonds is 8. The minimum absolute atomic E-state index is 0.0667. The fraction of sp³-hybridized carbons (Fsp3) is 0. The second-order valence-corrected chi connectivity index (χ2v) is 14.3. The summed E-state index contributed by atoms with van der Waals surface area (Å²) in [6, 6.07) is 23.5. The number of nitriles is 1. The van der Waals surface area contributed by atoms with Gasteiger partial charge in [0.1, 0.15) is 49.9 Å². The summed E-state index contributed by atoms with van der Waals surface area (Å²) in [5.74, 6) is -5.63. The van der Waals surface area contributed by atoms with Gasteiger partial charge >= 0.3 is 23.8 Å². The highest BCUT2D eigenvalue weighted by Crippen LogP contribution is 2.39. The van der Waals surface area contributed by atoms with Gasteiger partial charge in [-0.25, -0.2) is 28.3 Å². The van der Waals surface area contributed by atoms with Gasteiger partial charge in [0.05, 0.1) is 5.56 Å². The molecule has 0 saturated heterocycles. The first kappa shape index (κ1) is 38.2. The van der Waals surface area contributed by atoms with Crippen molar-refractivity contribution in [3.05, 3.63) is 140 Å². The van der Waals surface area contributed by atoms with E-state index in [1.54, 1.807) is 60.7 Å². The van der Waals surface area contributed by atoms with E-state index in [0.29, 0.717) is 32.2 Å². The van der Waals surface area contributed by atoms with Crippen LogP contribution >= 0.6 is 38.6 Å². The third-order valence-corrected chi connectivity index (χ3v) is 10.3. The van der Waals surface area contributed by atoms with Crippen molar-refractivity contribution in [2.45, 2.75) is 0 Å². The molecule has 0 unspecified atom stereocenters. The summed E-state index contributed by atoms with van der Waals surface area (Å²) < 4.78 is 39.2. The van der Waals surface area contributed by atoms with Gasteiger partial charge in [0.15, 0.2) is 11.2 Å². The van der Waals surface area contributed by atoms with E-state index in [1.807, 2.05) is 0 Å². The molecule has 4 N–H and O–H groups in total. The van der Waals surface area contributed by atoms with E-state index < -0.39 is 35.4 Å². The fourth-order valence-electron chi connectivity index (χ4n) is 5.47. The third kappa shape index (κ3) is 7.88. The molecular formula is C39H20BrF2N5O8S2. The van der Waals surface area contributed by atoms with Crippen LogP contribution in [0.25, 0.3) is 44.5 Å². The standard InChI is InChI=1S/C20H10FN3O4S.C19H10BrFN2O4S/c21-13-6-5-10(7-11(13)8-22)12-9-29-19(16(12)20(26)27)24-17(25)18-23-14-3-1-2-4-15(14)28-18;20-9-5-6-10(12(21)7-9)11-8-28-18(15(11)19(25)26)23-16(24)17-22-13-3-1-2-4-14(13)27-17/h1-7,9H,(H,24,25)(H,26,27);1-8H,(H,23,24)(H,25,26). The number of halogens is 3. The van der Waals surface area contributed by atoms with E-state index in [2.05, 4.69) is 36.5 Å². The summed E-state index contributed by atoms with van der Waals surface area (Å²) in [6.07, 6.45) is 0. The predicted octanol–water partition coefficient (Wildman–Crippen LogP) is 9.93. The number of aromatic nitrogens is 2. The van der Waals surface area contributed by atoms with Crippen LogP contribution < -0.4 is 10.6 Å². The molecule has 8 rings (SSSR count). The summed E-state index contributed by atoms with van der Waals surface area (Å²) >= 11 is 5.14. The summed E-state index contributed by atoms with van der Waals surface area (Å²) in [7, 11) is 0. The predicted molar refractivity (Wildman–Crippen MR) is 210 cm³/mol. The number of nitrogens with one attached hydrogen (secondary N) is 2. The molecule has 0 aliphatic carbocycles. The molecule has 282 valence electrons. The van der Waals surface area contributed by atoms with Crippen LogP contribution in [-0.2, 0) is 0 Å². The van der Waals surface area contributed by atoms with E-state index in [0.717, 1.165) is 28.7 Å². The monoisotopic (exact) mass is 867 g/mol. The average Bonchev–Trinajstić information content (AvgIpc) is 4.00. The molecule has 8 aromatic rings. The molecule has 18 heteroatoms. The van der Waals surface area contributed by atoms with Crippen molar-refractivity contribution in [2.24, 2.45) is 0 Å². The molecular weight excluding hydrogens is 848 g/mol. The van der Waals surface area contributed by atoms with Crippen LogP contribution in [0.5, 0.6) is 0 Å². The van der Waals surface area contributed by atoms with Gasteiger partial charge in [-0.3, -0.25) is 9.59 Å². The van der Waals surface area contributed by atoms with Gasteiger partial charge in [0.25, 0.3) is 11.8 Å². The van der Waals surface area contributed by atoms with Gasteiger partial charge in [0, 0.05) is 31.9 Å². The number of benzene rings is 4. The first-order chi connectivity index (χ1) is 27.4. The van der Waals surface area contributed by atoms with Crippen LogP contribution in [0.15, 0.2) is 109 Å². The van der Waals surface area contributed by atoms with Gasteiger partial charge in [-0.2, -0.15) is 5.26 Å². The van der Waals surface area contributed by atoms with Gasteiger partial charge in [0.2, 0.25) is 0 Å². The zero-order valence-electron chi connectivity index (χ0n) is 28.4. The lowest BCUT2D eigenvalue weighted by atomic mass is 10.0. The zero-order chi connectivity index (χ0) is 40.4. The molecule has 4 heterocycles. The molecule has 0 fully saturated rings. The molecule has 0 bridgehead atoms. The molecule has 0 atom stereocenters. The Morgan fingerprint density at radius 1 is 0.684 bits per heavy atom. The molecule has 4 aromatic carbocycles. The van der Waals surface area contributed by atoms with Crippen LogP contribution in [0.3, 0.4) is 0 Å². The molecule has 0 spiro atoms. The Hall–Kier alpha value is -7.07. The van der Waals surface area contributed by atoms with E-state index >= 15 is 0 Å². The number of carbonyl (C=O) groups excluding carboxylic acids is 2. The number of hydrogen-bond donors (Lipinski definition) is 4. The number of oxazole rings is 2. The Morgan fingerprint density at radius 2 is 1.21 bits per heavy atom. The van der Waals surface area contributed by atoms with Crippen molar-refractivity contribution in [1.82, 2.24) is 9.97 Å². The van der Waals surface area contributed by atoms with Gasteiger partial charge in [-0.1, -0.05) is 52.3 Å². The number of carboxylic acids is 2. The number of fused-ring (bicyclic) bond motifs is 2.